The second-order valence-electron chi connectivity index (χ2n) is 5.64. The molecule has 0 aliphatic carbocycles. The molecule has 0 aliphatic rings. The first-order chi connectivity index (χ1) is 11.9. The number of hydrazine groups is 1. The van der Waals surface area contributed by atoms with Gasteiger partial charge in [-0.2, -0.15) is 0 Å². The molecular weight excluding hydrogens is 328 g/mol. The van der Waals surface area contributed by atoms with Crippen molar-refractivity contribution in [3.8, 4) is 17.2 Å². The molecule has 0 aliphatic heterocycles. The van der Waals surface area contributed by atoms with E-state index in [-0.39, 0.29) is 17.9 Å². The number of carbonyl (C=O) groups is 2. The second-order valence-corrected chi connectivity index (χ2v) is 5.64. The predicted octanol–water partition coefficient (Wildman–Crippen LogP) is 1.54. The van der Waals surface area contributed by atoms with E-state index in [9.17, 15) is 9.59 Å². The Hall–Kier alpha value is -2.48. The summed E-state index contributed by atoms with van der Waals surface area (Å²) in [5.41, 5.74) is 4.94. The maximum absolute atomic E-state index is 12.2. The fourth-order valence-corrected chi connectivity index (χ4v) is 1.96. The molecular formula is C17H26N2O6. The van der Waals surface area contributed by atoms with Crippen molar-refractivity contribution in [2.75, 3.05) is 34.5 Å². The van der Waals surface area contributed by atoms with Crippen LogP contribution in [0.2, 0.25) is 0 Å². The number of nitrogens with one attached hydrogen (secondary N) is 2. The van der Waals surface area contributed by atoms with Crippen LogP contribution >= 0.6 is 0 Å². The average molecular weight is 354 g/mol. The minimum atomic E-state index is -0.504. The van der Waals surface area contributed by atoms with Crippen molar-refractivity contribution in [2.45, 2.75) is 20.3 Å². The summed E-state index contributed by atoms with van der Waals surface area (Å²) in [6, 6.07) is 2.99. The third-order valence-electron chi connectivity index (χ3n) is 3.17. The van der Waals surface area contributed by atoms with Crippen LogP contribution in [0.3, 0.4) is 0 Å². The van der Waals surface area contributed by atoms with Crippen molar-refractivity contribution in [1.29, 1.82) is 0 Å². The van der Waals surface area contributed by atoms with Crippen molar-refractivity contribution in [2.24, 2.45) is 5.92 Å². The molecule has 2 amide bonds. The molecule has 8 heteroatoms. The normalized spacial score (nSPS) is 10.3. The summed E-state index contributed by atoms with van der Waals surface area (Å²) in [6.07, 6.45) is 0.155. The van der Waals surface area contributed by atoms with E-state index in [0.29, 0.717) is 36.4 Å². The van der Waals surface area contributed by atoms with E-state index in [1.807, 2.05) is 13.8 Å². The molecule has 0 bridgehead atoms. The van der Waals surface area contributed by atoms with Crippen LogP contribution in [0, 0.1) is 5.92 Å². The molecule has 140 valence electrons. The quantitative estimate of drug-likeness (QED) is 0.516. The molecule has 1 rings (SSSR count). The number of carbonyl (C=O) groups excluding carboxylic acids is 2. The molecule has 0 saturated heterocycles. The van der Waals surface area contributed by atoms with Gasteiger partial charge >= 0.3 is 0 Å². The highest BCUT2D eigenvalue weighted by atomic mass is 16.5. The number of amides is 2. The summed E-state index contributed by atoms with van der Waals surface area (Å²) in [5, 5.41) is 0. The number of rotatable bonds is 9. The lowest BCUT2D eigenvalue weighted by molar-refractivity contribution is -0.123. The van der Waals surface area contributed by atoms with Crippen molar-refractivity contribution in [1.82, 2.24) is 10.9 Å². The van der Waals surface area contributed by atoms with E-state index < -0.39 is 5.91 Å². The number of methoxy groups -OCH3 is 3. The molecule has 0 aromatic heterocycles. The van der Waals surface area contributed by atoms with Gasteiger partial charge in [-0.1, -0.05) is 13.8 Å². The van der Waals surface area contributed by atoms with Gasteiger partial charge in [0.1, 0.15) is 0 Å². The lowest BCUT2D eigenvalue weighted by Crippen LogP contribution is -2.42. The summed E-state index contributed by atoms with van der Waals surface area (Å²) in [7, 11) is 4.39. The van der Waals surface area contributed by atoms with E-state index in [1.165, 1.54) is 33.5 Å². The Labute approximate surface area is 147 Å². The average Bonchev–Trinajstić information content (AvgIpc) is 2.61. The molecule has 0 fully saturated rings. The summed E-state index contributed by atoms with van der Waals surface area (Å²) in [5.74, 6) is 0.636. The largest absolute Gasteiger partial charge is 0.493 e. The van der Waals surface area contributed by atoms with Gasteiger partial charge in [-0.15, -0.1) is 0 Å². The minimum absolute atomic E-state index is 0.155. The summed E-state index contributed by atoms with van der Waals surface area (Å²) in [6.45, 7) is 4.94. The lowest BCUT2D eigenvalue weighted by Gasteiger charge is -2.14. The summed E-state index contributed by atoms with van der Waals surface area (Å²) >= 11 is 0. The maximum Gasteiger partial charge on any atom is 0.269 e. The summed E-state index contributed by atoms with van der Waals surface area (Å²) in [4.78, 5) is 23.9. The van der Waals surface area contributed by atoms with Gasteiger partial charge in [0, 0.05) is 12.2 Å². The fourth-order valence-electron chi connectivity index (χ4n) is 1.96. The molecule has 1 aromatic rings. The van der Waals surface area contributed by atoms with Gasteiger partial charge in [0.15, 0.2) is 11.5 Å². The monoisotopic (exact) mass is 354 g/mol. The lowest BCUT2D eigenvalue weighted by atomic mass is 10.1. The third kappa shape index (κ3) is 6.50. The van der Waals surface area contributed by atoms with E-state index in [0.717, 1.165) is 0 Å². The Morgan fingerprint density at radius 1 is 1.00 bits per heavy atom. The minimum Gasteiger partial charge on any atom is -0.493 e. The van der Waals surface area contributed by atoms with Gasteiger partial charge in [0.25, 0.3) is 5.91 Å². The molecule has 1 aromatic carbocycles. The molecule has 25 heavy (non-hydrogen) atoms. The van der Waals surface area contributed by atoms with Crippen molar-refractivity contribution in [3.63, 3.8) is 0 Å². The Balaban J connectivity index is 2.61. The standard InChI is InChI=1S/C17H26N2O6/c1-11(2)10-25-7-6-15(20)18-19-17(21)12-8-13(22-3)16(24-5)14(9-12)23-4/h8-9,11H,6-7,10H2,1-5H3,(H,18,20)(H,19,21). The second kappa shape index (κ2) is 10.4. The molecule has 8 nitrogen and oxygen atoms in total. The molecule has 2 N–H and O–H groups in total. The zero-order valence-electron chi connectivity index (χ0n) is 15.3. The first-order valence-electron chi connectivity index (χ1n) is 7.89. The van der Waals surface area contributed by atoms with E-state index in [2.05, 4.69) is 10.9 Å². The molecule has 0 spiro atoms. The van der Waals surface area contributed by atoms with E-state index in [1.54, 1.807) is 0 Å². The van der Waals surface area contributed by atoms with Gasteiger partial charge in [0.05, 0.1) is 34.4 Å². The zero-order valence-corrected chi connectivity index (χ0v) is 15.3. The first kappa shape index (κ1) is 20.6. The van der Waals surface area contributed by atoms with Gasteiger partial charge in [-0.05, 0) is 18.1 Å². The molecule has 0 radical (unpaired) electrons. The molecule has 0 unspecified atom stereocenters. The fraction of sp³-hybridized carbons (Fsp3) is 0.529. The number of ether oxygens (including phenoxy) is 4. The first-order valence-corrected chi connectivity index (χ1v) is 7.89. The van der Waals surface area contributed by atoms with Crippen LogP contribution in [0.4, 0.5) is 0 Å². The van der Waals surface area contributed by atoms with Gasteiger partial charge < -0.3 is 18.9 Å². The van der Waals surface area contributed by atoms with Crippen molar-refractivity contribution < 1.29 is 28.5 Å². The van der Waals surface area contributed by atoms with Crippen molar-refractivity contribution >= 4 is 11.8 Å². The van der Waals surface area contributed by atoms with Gasteiger partial charge in [-0.25, -0.2) is 0 Å². The predicted molar refractivity (Wildman–Crippen MR) is 92.0 cm³/mol. The SMILES string of the molecule is COc1cc(C(=O)NNC(=O)CCOCC(C)C)cc(OC)c1OC. The summed E-state index contributed by atoms with van der Waals surface area (Å²) < 4.78 is 20.9. The van der Waals surface area contributed by atoms with E-state index in [4.69, 9.17) is 18.9 Å². The van der Waals surface area contributed by atoms with Crippen LogP contribution in [0.5, 0.6) is 17.2 Å². The highest BCUT2D eigenvalue weighted by Crippen LogP contribution is 2.38. The molecule has 0 heterocycles. The third-order valence-corrected chi connectivity index (χ3v) is 3.17. The van der Waals surface area contributed by atoms with Gasteiger partial charge in [-0.3, -0.25) is 20.4 Å². The molecule has 0 saturated carbocycles. The number of hydrogen-bond acceptors (Lipinski definition) is 6. The topological polar surface area (TPSA) is 95.1 Å². The van der Waals surface area contributed by atoms with Gasteiger partial charge in [0.2, 0.25) is 11.7 Å². The molecule has 0 atom stereocenters. The van der Waals surface area contributed by atoms with Crippen LogP contribution in [-0.4, -0.2) is 46.4 Å². The number of benzene rings is 1. The van der Waals surface area contributed by atoms with E-state index >= 15 is 0 Å². The highest BCUT2D eigenvalue weighted by molar-refractivity contribution is 5.96. The van der Waals surface area contributed by atoms with Crippen LogP contribution in [-0.2, 0) is 9.53 Å². The van der Waals surface area contributed by atoms with Crippen molar-refractivity contribution in [3.05, 3.63) is 17.7 Å². The van der Waals surface area contributed by atoms with Crippen LogP contribution < -0.4 is 25.1 Å². The Morgan fingerprint density at radius 2 is 1.60 bits per heavy atom. The highest BCUT2D eigenvalue weighted by Gasteiger charge is 2.17. The maximum atomic E-state index is 12.2. The Bertz CT molecular complexity index is 563. The Morgan fingerprint density at radius 3 is 2.08 bits per heavy atom. The Kier molecular flexibility index (Phi) is 8.55. The van der Waals surface area contributed by atoms with Crippen LogP contribution in [0.15, 0.2) is 12.1 Å². The smallest absolute Gasteiger partial charge is 0.269 e. The zero-order chi connectivity index (χ0) is 18.8. The number of hydrogen-bond donors (Lipinski definition) is 2. The van der Waals surface area contributed by atoms with Crippen LogP contribution in [0.1, 0.15) is 30.6 Å². The van der Waals surface area contributed by atoms with Crippen LogP contribution in [0.25, 0.3) is 0 Å².